The number of hydrogen-bond acceptors (Lipinski definition) is 4. The molecule has 4 N–H and O–H groups in total. The lowest BCUT2D eigenvalue weighted by Gasteiger charge is -2.14. The third kappa shape index (κ3) is 4.25. The molecule has 0 atom stereocenters. The molecule has 182 valence electrons. The number of nitrogens with zero attached hydrogens (tertiary/aromatic N) is 2. The van der Waals surface area contributed by atoms with Crippen molar-refractivity contribution >= 4 is 28.4 Å². The van der Waals surface area contributed by atoms with Gasteiger partial charge in [-0.2, -0.15) is 0 Å². The van der Waals surface area contributed by atoms with E-state index in [1.807, 2.05) is 61.5 Å². The van der Waals surface area contributed by atoms with E-state index in [0.29, 0.717) is 22.6 Å². The number of fused-ring (bicyclic) bond motifs is 1. The molecule has 5 aromatic rings. The number of carbonyl (C=O) groups is 2. The monoisotopic (exact) mass is 487 g/mol. The number of hydrogen-bond donors (Lipinski definition) is 3. The van der Waals surface area contributed by atoms with Crippen molar-refractivity contribution in [3.63, 3.8) is 0 Å². The van der Waals surface area contributed by atoms with Gasteiger partial charge in [-0.15, -0.1) is 0 Å². The van der Waals surface area contributed by atoms with E-state index in [1.54, 1.807) is 18.5 Å². The highest BCUT2D eigenvalue weighted by Gasteiger charge is 2.23. The van der Waals surface area contributed by atoms with E-state index in [1.165, 1.54) is 24.7 Å². The van der Waals surface area contributed by atoms with Crippen LogP contribution in [0.4, 0.5) is 5.69 Å². The number of H-pyrrole nitrogens is 1. The number of nitrogens with one attached hydrogen (secondary N) is 2. The van der Waals surface area contributed by atoms with Crippen LogP contribution in [0.2, 0.25) is 0 Å². The Balaban J connectivity index is 1.39. The van der Waals surface area contributed by atoms with Crippen molar-refractivity contribution in [1.82, 2.24) is 15.0 Å². The van der Waals surface area contributed by atoms with Crippen LogP contribution < -0.4 is 11.1 Å². The molecule has 0 unspecified atom stereocenters. The molecule has 2 aromatic heterocycles. The summed E-state index contributed by atoms with van der Waals surface area (Å²) < 4.78 is 0. The lowest BCUT2D eigenvalue weighted by atomic mass is 9.94. The molecule has 1 fully saturated rings. The van der Waals surface area contributed by atoms with Crippen LogP contribution >= 0.6 is 0 Å². The van der Waals surface area contributed by atoms with Crippen molar-refractivity contribution in [1.29, 1.82) is 0 Å². The van der Waals surface area contributed by atoms with Gasteiger partial charge in [0, 0.05) is 40.3 Å². The number of primary amides is 1. The minimum Gasteiger partial charge on any atom is -0.366 e. The molecule has 0 radical (unpaired) electrons. The molecule has 0 aliphatic heterocycles. The number of anilines is 1. The molecule has 7 nitrogen and oxygen atoms in total. The third-order valence-corrected chi connectivity index (χ3v) is 7.02. The second-order valence-corrected chi connectivity index (χ2v) is 9.45. The summed E-state index contributed by atoms with van der Waals surface area (Å²) in [6, 6.07) is 19.3. The van der Waals surface area contributed by atoms with Crippen LogP contribution in [0.3, 0.4) is 0 Å². The van der Waals surface area contributed by atoms with Gasteiger partial charge in [0.25, 0.3) is 11.8 Å². The molecular weight excluding hydrogens is 462 g/mol. The zero-order valence-corrected chi connectivity index (χ0v) is 20.3. The predicted molar refractivity (Wildman–Crippen MR) is 144 cm³/mol. The third-order valence-electron chi connectivity index (χ3n) is 7.02. The second kappa shape index (κ2) is 9.02. The molecule has 0 saturated heterocycles. The van der Waals surface area contributed by atoms with Gasteiger partial charge in [-0.25, -0.2) is 9.97 Å². The molecule has 0 spiro atoms. The average Bonchev–Trinajstić information content (AvgIpc) is 3.67. The Morgan fingerprint density at radius 1 is 0.973 bits per heavy atom. The molecule has 2 heterocycles. The molecule has 37 heavy (non-hydrogen) atoms. The summed E-state index contributed by atoms with van der Waals surface area (Å²) in [4.78, 5) is 36.7. The number of aromatic nitrogens is 3. The Morgan fingerprint density at radius 2 is 1.73 bits per heavy atom. The molecule has 2 amide bonds. The van der Waals surface area contributed by atoms with E-state index in [4.69, 9.17) is 5.73 Å². The van der Waals surface area contributed by atoms with Crippen molar-refractivity contribution in [2.45, 2.75) is 25.7 Å². The fourth-order valence-electron chi connectivity index (χ4n) is 4.83. The van der Waals surface area contributed by atoms with E-state index in [-0.39, 0.29) is 5.91 Å². The van der Waals surface area contributed by atoms with Crippen molar-refractivity contribution in [2.24, 2.45) is 5.73 Å². The van der Waals surface area contributed by atoms with Crippen LogP contribution in [0, 0.1) is 6.92 Å². The van der Waals surface area contributed by atoms with Gasteiger partial charge in [-0.1, -0.05) is 30.3 Å². The molecule has 6 rings (SSSR count). The quantitative estimate of drug-likeness (QED) is 0.280. The van der Waals surface area contributed by atoms with Gasteiger partial charge in [-0.3, -0.25) is 9.59 Å². The highest BCUT2D eigenvalue weighted by atomic mass is 16.2. The topological polar surface area (TPSA) is 114 Å². The highest BCUT2D eigenvalue weighted by molar-refractivity contribution is 6.11. The van der Waals surface area contributed by atoms with Gasteiger partial charge < -0.3 is 16.0 Å². The number of benzene rings is 3. The highest BCUT2D eigenvalue weighted by Crippen LogP contribution is 2.40. The van der Waals surface area contributed by atoms with Gasteiger partial charge in [-0.05, 0) is 78.3 Å². The summed E-state index contributed by atoms with van der Waals surface area (Å²) in [5.41, 5.74) is 13.7. The number of rotatable bonds is 6. The first-order chi connectivity index (χ1) is 18.0. The number of aromatic amines is 1. The van der Waals surface area contributed by atoms with E-state index in [9.17, 15) is 9.59 Å². The Hall–Kier alpha value is -4.78. The standard InChI is InChI=1S/C30H25N5O2/c1-17-22(3-2-4-26(17)35-30(37)20-9-7-19(8-10-20)18-5-6-18)23-11-12-24(29(31)36)28-25(23)13-27(34-28)21-14-32-16-33-15-21/h2-4,7-16,18,34H,5-6H2,1H3,(H2,31,36)(H,35,37). The normalized spacial score (nSPS) is 13.0. The minimum atomic E-state index is -0.514. The molecular formula is C30H25N5O2. The summed E-state index contributed by atoms with van der Waals surface area (Å²) in [7, 11) is 0. The molecule has 1 aliphatic rings. The number of carbonyl (C=O) groups excluding carboxylic acids is 2. The first-order valence-corrected chi connectivity index (χ1v) is 12.2. The molecule has 0 bridgehead atoms. The SMILES string of the molecule is Cc1c(NC(=O)c2ccc(C3CC3)cc2)cccc1-c1ccc(C(N)=O)c2[nH]c(-c3cncnc3)cc12. The maximum atomic E-state index is 13.0. The van der Waals surface area contributed by atoms with Crippen LogP contribution in [0.5, 0.6) is 0 Å². The fraction of sp³-hybridized carbons (Fsp3) is 0.133. The van der Waals surface area contributed by atoms with Crippen molar-refractivity contribution in [3.05, 3.63) is 102 Å². The van der Waals surface area contributed by atoms with Crippen molar-refractivity contribution in [3.8, 4) is 22.4 Å². The van der Waals surface area contributed by atoms with Gasteiger partial charge in [0.15, 0.2) is 0 Å². The van der Waals surface area contributed by atoms with Crippen LogP contribution in [-0.4, -0.2) is 26.8 Å². The largest absolute Gasteiger partial charge is 0.366 e. The Kier molecular flexibility index (Phi) is 5.53. The molecule has 7 heteroatoms. The smallest absolute Gasteiger partial charge is 0.255 e. The molecule has 1 saturated carbocycles. The maximum Gasteiger partial charge on any atom is 0.255 e. The molecule has 3 aromatic carbocycles. The fourth-order valence-corrected chi connectivity index (χ4v) is 4.83. The van der Waals surface area contributed by atoms with E-state index in [2.05, 4.69) is 20.3 Å². The van der Waals surface area contributed by atoms with Crippen LogP contribution in [0.25, 0.3) is 33.3 Å². The lowest BCUT2D eigenvalue weighted by molar-refractivity contribution is 0.0999. The van der Waals surface area contributed by atoms with E-state index >= 15 is 0 Å². The summed E-state index contributed by atoms with van der Waals surface area (Å²) in [5.74, 6) is -0.0123. The Labute approximate surface area is 213 Å². The maximum absolute atomic E-state index is 13.0. The second-order valence-electron chi connectivity index (χ2n) is 9.45. The van der Waals surface area contributed by atoms with Crippen molar-refractivity contribution < 1.29 is 9.59 Å². The average molecular weight is 488 g/mol. The minimum absolute atomic E-state index is 0.148. The first kappa shape index (κ1) is 22.7. The van der Waals surface area contributed by atoms with E-state index in [0.717, 1.165) is 39.0 Å². The van der Waals surface area contributed by atoms with Gasteiger partial charge in [0.2, 0.25) is 0 Å². The van der Waals surface area contributed by atoms with Crippen molar-refractivity contribution in [2.75, 3.05) is 5.32 Å². The molecule has 1 aliphatic carbocycles. The summed E-state index contributed by atoms with van der Waals surface area (Å²) in [5, 5.41) is 3.92. The van der Waals surface area contributed by atoms with Gasteiger partial charge in [0.05, 0.1) is 11.1 Å². The zero-order chi connectivity index (χ0) is 25.5. The zero-order valence-electron chi connectivity index (χ0n) is 20.3. The predicted octanol–water partition coefficient (Wildman–Crippen LogP) is 5.83. The Bertz CT molecular complexity index is 1650. The summed E-state index contributed by atoms with van der Waals surface area (Å²) in [6.45, 7) is 1.98. The Morgan fingerprint density at radius 3 is 2.43 bits per heavy atom. The van der Waals surface area contributed by atoms with Gasteiger partial charge in [0.1, 0.15) is 6.33 Å². The summed E-state index contributed by atoms with van der Waals surface area (Å²) >= 11 is 0. The number of amides is 2. The van der Waals surface area contributed by atoms with Crippen LogP contribution in [0.1, 0.15) is 50.6 Å². The van der Waals surface area contributed by atoms with Crippen LogP contribution in [0.15, 0.2) is 79.4 Å². The number of nitrogens with two attached hydrogens (primary N) is 1. The summed E-state index contributed by atoms with van der Waals surface area (Å²) in [6.07, 6.45) is 7.34. The van der Waals surface area contributed by atoms with E-state index < -0.39 is 5.91 Å². The lowest BCUT2D eigenvalue weighted by Crippen LogP contribution is -2.13. The first-order valence-electron chi connectivity index (χ1n) is 12.2. The van der Waals surface area contributed by atoms with Crippen LogP contribution in [-0.2, 0) is 0 Å². The van der Waals surface area contributed by atoms with Gasteiger partial charge >= 0.3 is 0 Å².